The van der Waals surface area contributed by atoms with E-state index in [0.29, 0.717) is 6.61 Å². The second kappa shape index (κ2) is 5.50. The standard InChI is InChI=1S/C13H21NO3S2/c1-13(2,3)11-8-14-12(18-11)19(15,16)9-10-6-4-5-7-17-10/h8,10H,4-7,9H2,1-3H3. The highest BCUT2D eigenvalue weighted by atomic mass is 32.2. The predicted molar refractivity (Wildman–Crippen MR) is 76.5 cm³/mol. The van der Waals surface area contributed by atoms with Crippen molar-refractivity contribution in [3.8, 4) is 0 Å². The Morgan fingerprint density at radius 3 is 2.68 bits per heavy atom. The molecular weight excluding hydrogens is 282 g/mol. The quantitative estimate of drug-likeness (QED) is 0.861. The van der Waals surface area contributed by atoms with E-state index in [4.69, 9.17) is 4.74 Å². The van der Waals surface area contributed by atoms with Crippen LogP contribution in [-0.4, -0.2) is 31.9 Å². The molecule has 0 amide bonds. The molecule has 0 aromatic carbocycles. The summed E-state index contributed by atoms with van der Waals surface area (Å²) < 4.78 is 30.4. The predicted octanol–water partition coefficient (Wildman–Crippen LogP) is 2.78. The van der Waals surface area contributed by atoms with Gasteiger partial charge in [0.2, 0.25) is 14.2 Å². The average molecular weight is 303 g/mol. The Balaban J connectivity index is 2.13. The van der Waals surface area contributed by atoms with Crippen LogP contribution in [0, 0.1) is 0 Å². The third-order valence-corrected chi connectivity index (χ3v) is 6.85. The summed E-state index contributed by atoms with van der Waals surface area (Å²) in [5.41, 5.74) is -0.0627. The van der Waals surface area contributed by atoms with Gasteiger partial charge < -0.3 is 4.74 Å². The molecule has 0 N–H and O–H groups in total. The van der Waals surface area contributed by atoms with Gasteiger partial charge in [0.15, 0.2) is 0 Å². The first-order valence-electron chi connectivity index (χ1n) is 6.60. The molecule has 0 radical (unpaired) electrons. The summed E-state index contributed by atoms with van der Waals surface area (Å²) in [7, 11) is -3.32. The Morgan fingerprint density at radius 2 is 2.16 bits per heavy atom. The molecule has 4 nitrogen and oxygen atoms in total. The van der Waals surface area contributed by atoms with Crippen molar-refractivity contribution in [2.75, 3.05) is 12.4 Å². The lowest BCUT2D eigenvalue weighted by Gasteiger charge is -2.21. The fourth-order valence-corrected chi connectivity index (χ4v) is 4.80. The maximum absolute atomic E-state index is 12.3. The van der Waals surface area contributed by atoms with Crippen LogP contribution in [0.3, 0.4) is 0 Å². The molecular formula is C13H21NO3S2. The summed E-state index contributed by atoms with van der Waals surface area (Å²) in [4.78, 5) is 5.09. The van der Waals surface area contributed by atoms with Gasteiger partial charge in [0.1, 0.15) is 0 Å². The van der Waals surface area contributed by atoms with Gasteiger partial charge in [-0.15, -0.1) is 11.3 Å². The monoisotopic (exact) mass is 303 g/mol. The zero-order valence-electron chi connectivity index (χ0n) is 11.7. The van der Waals surface area contributed by atoms with E-state index in [1.54, 1.807) is 6.20 Å². The fourth-order valence-electron chi connectivity index (χ4n) is 2.00. The van der Waals surface area contributed by atoms with Crippen LogP contribution >= 0.6 is 11.3 Å². The van der Waals surface area contributed by atoms with Crippen molar-refractivity contribution in [3.63, 3.8) is 0 Å². The van der Waals surface area contributed by atoms with Crippen molar-refractivity contribution in [2.45, 2.75) is 55.9 Å². The number of thiazole rings is 1. The maximum Gasteiger partial charge on any atom is 0.209 e. The van der Waals surface area contributed by atoms with Gasteiger partial charge in [-0.1, -0.05) is 20.8 Å². The van der Waals surface area contributed by atoms with Crippen LogP contribution in [-0.2, 0) is 20.0 Å². The maximum atomic E-state index is 12.3. The van der Waals surface area contributed by atoms with Crippen LogP contribution in [0.25, 0.3) is 0 Å². The smallest absolute Gasteiger partial charge is 0.209 e. The van der Waals surface area contributed by atoms with Crippen molar-refractivity contribution in [3.05, 3.63) is 11.1 Å². The van der Waals surface area contributed by atoms with Gasteiger partial charge >= 0.3 is 0 Å². The lowest BCUT2D eigenvalue weighted by Crippen LogP contribution is -2.27. The number of ether oxygens (including phenoxy) is 1. The summed E-state index contributed by atoms with van der Waals surface area (Å²) in [6.07, 6.45) is 4.42. The third kappa shape index (κ3) is 3.77. The van der Waals surface area contributed by atoms with E-state index in [0.717, 1.165) is 24.1 Å². The lowest BCUT2D eigenvalue weighted by molar-refractivity contribution is 0.0305. The first-order valence-corrected chi connectivity index (χ1v) is 9.06. The molecule has 1 aliphatic heterocycles. The molecule has 2 heterocycles. The summed E-state index contributed by atoms with van der Waals surface area (Å²) in [6.45, 7) is 6.84. The molecule has 6 heteroatoms. The van der Waals surface area contributed by atoms with E-state index in [9.17, 15) is 8.42 Å². The van der Waals surface area contributed by atoms with Gasteiger partial charge in [-0.25, -0.2) is 13.4 Å². The number of sulfone groups is 1. The van der Waals surface area contributed by atoms with Crippen LogP contribution < -0.4 is 0 Å². The highest BCUT2D eigenvalue weighted by Crippen LogP contribution is 2.30. The molecule has 1 aliphatic rings. The summed E-state index contributed by atoms with van der Waals surface area (Å²) in [5, 5.41) is 0. The number of aromatic nitrogens is 1. The SMILES string of the molecule is CC(C)(C)c1cnc(S(=O)(=O)CC2CCCCO2)s1. The van der Waals surface area contributed by atoms with E-state index in [1.165, 1.54) is 11.3 Å². The molecule has 2 rings (SSSR count). The van der Waals surface area contributed by atoms with Crippen molar-refractivity contribution in [2.24, 2.45) is 0 Å². The minimum atomic E-state index is -3.32. The molecule has 1 aromatic heterocycles. The van der Waals surface area contributed by atoms with Gasteiger partial charge in [-0.05, 0) is 24.7 Å². The molecule has 1 unspecified atom stereocenters. The number of hydrogen-bond acceptors (Lipinski definition) is 5. The minimum absolute atomic E-state index is 0.0596. The summed E-state index contributed by atoms with van der Waals surface area (Å²) in [6, 6.07) is 0. The van der Waals surface area contributed by atoms with Gasteiger partial charge in [0, 0.05) is 17.7 Å². The van der Waals surface area contributed by atoms with Gasteiger partial charge in [0.25, 0.3) is 0 Å². The van der Waals surface area contributed by atoms with Gasteiger partial charge in [-0.3, -0.25) is 0 Å². The Kier molecular flexibility index (Phi) is 4.32. The molecule has 1 saturated heterocycles. The average Bonchev–Trinajstić information content (AvgIpc) is 2.79. The Labute approximate surface area is 119 Å². The molecule has 1 aromatic rings. The first-order chi connectivity index (χ1) is 8.79. The topological polar surface area (TPSA) is 56.3 Å². The van der Waals surface area contributed by atoms with Crippen LogP contribution in [0.2, 0.25) is 0 Å². The Bertz CT molecular complexity index is 522. The second-order valence-electron chi connectivity index (χ2n) is 6.01. The molecule has 0 bridgehead atoms. The van der Waals surface area contributed by atoms with Crippen LogP contribution in [0.1, 0.15) is 44.9 Å². The summed E-state index contributed by atoms with van der Waals surface area (Å²) in [5.74, 6) is 0.0596. The van der Waals surface area contributed by atoms with E-state index in [2.05, 4.69) is 25.8 Å². The van der Waals surface area contributed by atoms with Crippen molar-refractivity contribution in [1.82, 2.24) is 4.98 Å². The van der Waals surface area contributed by atoms with Gasteiger partial charge in [-0.2, -0.15) is 0 Å². The van der Waals surface area contributed by atoms with Crippen LogP contribution in [0.5, 0.6) is 0 Å². The fraction of sp³-hybridized carbons (Fsp3) is 0.769. The molecule has 0 spiro atoms. The lowest BCUT2D eigenvalue weighted by atomic mass is 9.96. The van der Waals surface area contributed by atoms with Crippen molar-refractivity contribution >= 4 is 21.2 Å². The third-order valence-electron chi connectivity index (χ3n) is 3.17. The normalized spacial score (nSPS) is 21.5. The molecule has 108 valence electrons. The zero-order chi connectivity index (χ0) is 14.1. The first kappa shape index (κ1) is 14.9. The molecule has 19 heavy (non-hydrogen) atoms. The zero-order valence-corrected chi connectivity index (χ0v) is 13.3. The van der Waals surface area contributed by atoms with E-state index in [1.807, 2.05) is 0 Å². The highest BCUT2D eigenvalue weighted by Gasteiger charge is 2.28. The Morgan fingerprint density at radius 1 is 1.42 bits per heavy atom. The second-order valence-corrected chi connectivity index (χ2v) is 9.25. The largest absolute Gasteiger partial charge is 0.377 e. The van der Waals surface area contributed by atoms with Crippen LogP contribution in [0.4, 0.5) is 0 Å². The molecule has 1 fully saturated rings. The molecule has 0 saturated carbocycles. The van der Waals surface area contributed by atoms with E-state index >= 15 is 0 Å². The van der Waals surface area contributed by atoms with Gasteiger partial charge in [0.05, 0.1) is 11.9 Å². The number of rotatable bonds is 3. The van der Waals surface area contributed by atoms with Crippen LogP contribution in [0.15, 0.2) is 10.5 Å². The minimum Gasteiger partial charge on any atom is -0.377 e. The van der Waals surface area contributed by atoms with Crippen molar-refractivity contribution in [1.29, 1.82) is 0 Å². The summed E-state index contributed by atoms with van der Waals surface area (Å²) >= 11 is 1.28. The molecule has 1 atom stereocenters. The Hall–Kier alpha value is -0.460. The van der Waals surface area contributed by atoms with Crippen molar-refractivity contribution < 1.29 is 13.2 Å². The van der Waals surface area contributed by atoms with E-state index in [-0.39, 0.29) is 21.6 Å². The molecule has 0 aliphatic carbocycles. The number of nitrogens with zero attached hydrogens (tertiary/aromatic N) is 1. The number of hydrogen-bond donors (Lipinski definition) is 0. The van der Waals surface area contributed by atoms with E-state index < -0.39 is 9.84 Å². The highest BCUT2D eigenvalue weighted by molar-refractivity contribution is 7.93.